The molecule has 1 aliphatic rings. The molecule has 16 heavy (non-hydrogen) atoms. The SMILES string of the molecule is NC(=O)[N+]1(c2ccccc2)CC(=O)NC1=S. The van der Waals surface area contributed by atoms with Crippen molar-refractivity contribution in [1.29, 1.82) is 0 Å². The predicted molar refractivity (Wildman–Crippen MR) is 63.4 cm³/mol. The van der Waals surface area contributed by atoms with Crippen LogP contribution in [0, 0.1) is 0 Å². The first-order valence-corrected chi connectivity index (χ1v) is 5.06. The highest BCUT2D eigenvalue weighted by atomic mass is 32.1. The first-order chi connectivity index (χ1) is 7.57. The Morgan fingerprint density at radius 3 is 2.44 bits per heavy atom. The largest absolute Gasteiger partial charge is 0.426 e. The van der Waals surface area contributed by atoms with Crippen LogP contribution in [0.1, 0.15) is 0 Å². The van der Waals surface area contributed by atoms with Crippen LogP contribution in [-0.2, 0) is 4.79 Å². The molecule has 3 amide bonds. The Balaban J connectivity index is 2.58. The summed E-state index contributed by atoms with van der Waals surface area (Å²) < 4.78 is -0.422. The third kappa shape index (κ3) is 1.39. The van der Waals surface area contributed by atoms with E-state index in [9.17, 15) is 9.59 Å². The third-order valence-electron chi connectivity index (χ3n) is 2.55. The number of para-hydroxylation sites is 1. The van der Waals surface area contributed by atoms with Gasteiger partial charge in [-0.15, -0.1) is 4.48 Å². The minimum absolute atomic E-state index is 0.0713. The topological polar surface area (TPSA) is 72.2 Å². The molecule has 0 aliphatic carbocycles. The summed E-state index contributed by atoms with van der Waals surface area (Å²) in [6, 6.07) is 8.13. The van der Waals surface area contributed by atoms with E-state index in [0.29, 0.717) is 5.69 Å². The zero-order valence-corrected chi connectivity index (χ0v) is 9.16. The number of nitrogens with one attached hydrogen (secondary N) is 1. The molecular formula is C10H10N3O2S+. The van der Waals surface area contributed by atoms with Crippen LogP contribution in [0.2, 0.25) is 0 Å². The Labute approximate surface area is 97.4 Å². The van der Waals surface area contributed by atoms with Gasteiger partial charge in [0.1, 0.15) is 5.69 Å². The molecule has 1 atom stereocenters. The van der Waals surface area contributed by atoms with Gasteiger partial charge in [-0.3, -0.25) is 10.1 Å². The van der Waals surface area contributed by atoms with Crippen LogP contribution in [0.5, 0.6) is 0 Å². The fraction of sp³-hybridized carbons (Fsp3) is 0.100. The first kappa shape index (κ1) is 10.7. The van der Waals surface area contributed by atoms with Crippen LogP contribution in [0.3, 0.4) is 0 Å². The van der Waals surface area contributed by atoms with Gasteiger partial charge < -0.3 is 5.73 Å². The van der Waals surface area contributed by atoms with Crippen molar-refractivity contribution < 1.29 is 9.59 Å². The number of carbonyl (C=O) groups excluding carboxylic acids is 2. The summed E-state index contributed by atoms with van der Waals surface area (Å²) in [4.78, 5) is 22.9. The van der Waals surface area contributed by atoms with Gasteiger partial charge in [0.2, 0.25) is 0 Å². The number of benzene rings is 1. The van der Waals surface area contributed by atoms with Gasteiger partial charge >= 0.3 is 6.03 Å². The molecule has 0 bridgehead atoms. The maximum Gasteiger partial charge on any atom is 0.426 e. The summed E-state index contributed by atoms with van der Waals surface area (Å²) in [6.45, 7) is -0.0713. The Morgan fingerprint density at radius 2 is 2.00 bits per heavy atom. The second-order valence-corrected chi connectivity index (χ2v) is 3.88. The molecule has 6 heteroatoms. The van der Waals surface area contributed by atoms with Crippen molar-refractivity contribution in [3.63, 3.8) is 0 Å². The second kappa shape index (κ2) is 3.66. The molecule has 0 aromatic heterocycles. The number of hydrogen-bond acceptors (Lipinski definition) is 3. The average molecular weight is 236 g/mol. The Morgan fingerprint density at radius 1 is 1.38 bits per heavy atom. The third-order valence-corrected chi connectivity index (χ3v) is 2.96. The smallest absolute Gasteiger partial charge is 0.318 e. The molecule has 1 fully saturated rings. The molecule has 1 aromatic rings. The van der Waals surface area contributed by atoms with Crippen LogP contribution in [0.15, 0.2) is 30.3 Å². The quantitative estimate of drug-likeness (QED) is 0.550. The van der Waals surface area contributed by atoms with Gasteiger partial charge in [0, 0.05) is 24.4 Å². The summed E-state index contributed by atoms with van der Waals surface area (Å²) in [6.07, 6.45) is 0. The van der Waals surface area contributed by atoms with Gasteiger partial charge in [-0.2, -0.15) is 0 Å². The molecule has 1 saturated heterocycles. The molecule has 1 aromatic carbocycles. The number of carbonyl (C=O) groups is 2. The number of nitrogens with two attached hydrogens (primary N) is 1. The van der Waals surface area contributed by atoms with E-state index >= 15 is 0 Å². The maximum absolute atomic E-state index is 11.6. The molecule has 82 valence electrons. The van der Waals surface area contributed by atoms with Crippen LogP contribution in [-0.4, -0.2) is 23.6 Å². The highest BCUT2D eigenvalue weighted by Gasteiger charge is 2.50. The van der Waals surface area contributed by atoms with E-state index in [0.717, 1.165) is 0 Å². The van der Waals surface area contributed by atoms with Gasteiger partial charge in [-0.25, -0.2) is 4.79 Å². The lowest BCUT2D eigenvalue weighted by Gasteiger charge is -2.25. The summed E-state index contributed by atoms with van der Waals surface area (Å²) in [5.41, 5.74) is 5.97. The second-order valence-electron chi connectivity index (χ2n) is 3.49. The molecule has 2 rings (SSSR count). The molecule has 0 saturated carbocycles. The number of primary amides is 1. The van der Waals surface area contributed by atoms with Gasteiger partial charge in [-0.1, -0.05) is 18.2 Å². The number of amides is 3. The van der Waals surface area contributed by atoms with Crippen molar-refractivity contribution in [2.75, 3.05) is 6.54 Å². The van der Waals surface area contributed by atoms with Crippen molar-refractivity contribution in [2.24, 2.45) is 5.73 Å². The monoisotopic (exact) mass is 236 g/mol. The summed E-state index contributed by atoms with van der Waals surface area (Å²) >= 11 is 5.03. The van der Waals surface area contributed by atoms with Gasteiger partial charge in [0.05, 0.1) is 0 Å². The van der Waals surface area contributed by atoms with Crippen LogP contribution in [0.4, 0.5) is 10.5 Å². The van der Waals surface area contributed by atoms with E-state index in [1.807, 2.05) is 6.07 Å². The van der Waals surface area contributed by atoms with E-state index in [2.05, 4.69) is 5.32 Å². The zero-order valence-electron chi connectivity index (χ0n) is 8.34. The van der Waals surface area contributed by atoms with Crippen LogP contribution < -0.4 is 15.5 Å². The number of hydrogen-bond donors (Lipinski definition) is 2. The fourth-order valence-electron chi connectivity index (χ4n) is 1.74. The highest BCUT2D eigenvalue weighted by Crippen LogP contribution is 2.25. The molecule has 0 spiro atoms. The van der Waals surface area contributed by atoms with Crippen LogP contribution in [0.25, 0.3) is 0 Å². The fourth-order valence-corrected chi connectivity index (χ4v) is 2.11. The summed E-state index contributed by atoms with van der Waals surface area (Å²) in [7, 11) is 0. The molecule has 1 heterocycles. The van der Waals surface area contributed by atoms with Gasteiger partial charge in [0.25, 0.3) is 11.0 Å². The van der Waals surface area contributed by atoms with E-state index in [1.165, 1.54) is 0 Å². The molecular weight excluding hydrogens is 226 g/mol. The average Bonchev–Trinajstić information content (AvgIpc) is 2.56. The van der Waals surface area contributed by atoms with E-state index in [4.69, 9.17) is 18.0 Å². The van der Waals surface area contributed by atoms with Gasteiger partial charge in [-0.05, 0) is 0 Å². The first-order valence-electron chi connectivity index (χ1n) is 4.65. The van der Waals surface area contributed by atoms with E-state index in [1.54, 1.807) is 24.3 Å². The minimum Gasteiger partial charge on any atom is -0.318 e. The normalized spacial score (nSPS) is 24.2. The number of urea groups is 1. The van der Waals surface area contributed by atoms with Crippen molar-refractivity contribution in [1.82, 2.24) is 9.80 Å². The van der Waals surface area contributed by atoms with Crippen molar-refractivity contribution >= 4 is 35.0 Å². The van der Waals surface area contributed by atoms with Crippen molar-refractivity contribution in [2.45, 2.75) is 0 Å². The minimum atomic E-state index is -0.658. The lowest BCUT2D eigenvalue weighted by molar-refractivity contribution is -0.118. The summed E-state index contributed by atoms with van der Waals surface area (Å²) in [5, 5.41) is 2.58. The highest BCUT2D eigenvalue weighted by molar-refractivity contribution is 7.80. The lowest BCUT2D eigenvalue weighted by Crippen LogP contribution is -2.59. The lowest BCUT2D eigenvalue weighted by atomic mass is 10.2. The number of quaternary nitrogens is 1. The molecule has 0 radical (unpaired) electrons. The molecule has 1 unspecified atom stereocenters. The number of thiocarbonyl (C=S) groups is 1. The van der Waals surface area contributed by atoms with Gasteiger partial charge in [0.15, 0.2) is 6.54 Å². The molecule has 5 nitrogen and oxygen atoms in total. The van der Waals surface area contributed by atoms with Crippen molar-refractivity contribution in [3.8, 4) is 0 Å². The number of rotatable bonds is 1. The predicted octanol–water partition coefficient (Wildman–Crippen LogP) is 0.487. The standard InChI is InChI=1S/C10H9N3O2S/c11-9(15)13(6-8(14)12-10(13)16)7-4-2-1-3-5-7/h1-5H,6H2,(H2-,11,12,14,15,16)/p+1. The molecule has 1 aliphatic heterocycles. The zero-order chi connectivity index (χ0) is 11.8. The van der Waals surface area contributed by atoms with E-state index in [-0.39, 0.29) is 17.6 Å². The van der Waals surface area contributed by atoms with Crippen molar-refractivity contribution in [3.05, 3.63) is 30.3 Å². The molecule has 3 N–H and O–H groups in total. The Bertz CT molecular complexity index is 474. The Hall–Kier alpha value is -1.79. The number of nitrogens with zero attached hydrogens (tertiary/aromatic N) is 1. The van der Waals surface area contributed by atoms with Crippen LogP contribution >= 0.6 is 12.2 Å². The summed E-state index contributed by atoms with van der Waals surface area (Å²) in [5.74, 6) is -0.298. The van der Waals surface area contributed by atoms with E-state index < -0.39 is 10.5 Å². The Kier molecular flexibility index (Phi) is 2.45. The maximum atomic E-state index is 11.6.